The minimum Gasteiger partial charge on any atom is -0.503 e. The Balaban J connectivity index is 1.84. The molecule has 2 aliphatic rings. The Morgan fingerprint density at radius 1 is 1.22 bits per heavy atom. The zero-order valence-corrected chi connectivity index (χ0v) is 15.0. The molecule has 0 saturated carbocycles. The van der Waals surface area contributed by atoms with Crippen molar-refractivity contribution in [3.05, 3.63) is 69.8 Å². The number of aromatic nitrogens is 2. The summed E-state index contributed by atoms with van der Waals surface area (Å²) in [5.41, 5.74) is 3.14. The number of benzene rings is 1. The maximum Gasteiger partial charge on any atom is 0.275 e. The molecule has 1 aliphatic carbocycles. The van der Waals surface area contributed by atoms with Crippen molar-refractivity contribution < 1.29 is 9.90 Å². The first kappa shape index (κ1) is 17.1. The van der Waals surface area contributed by atoms with Crippen LogP contribution in [0, 0.1) is 0 Å². The van der Waals surface area contributed by atoms with Crippen molar-refractivity contribution in [2.75, 3.05) is 18.5 Å². The number of allylic oxidation sites excluding steroid dienone is 3. The number of nitrogens with one attached hydrogen (secondary N) is 1. The molecule has 2 heterocycles. The second-order valence-corrected chi connectivity index (χ2v) is 6.52. The average molecular weight is 364 g/mol. The van der Waals surface area contributed by atoms with Crippen LogP contribution in [0.15, 0.2) is 58.7 Å². The lowest BCUT2D eigenvalue weighted by Crippen LogP contribution is -2.29. The van der Waals surface area contributed by atoms with Crippen LogP contribution in [-0.4, -0.2) is 34.4 Å². The molecule has 27 heavy (non-hydrogen) atoms. The number of rotatable bonds is 3. The molecule has 7 heteroatoms. The number of aromatic hydroxyl groups is 1. The quantitative estimate of drug-likeness (QED) is 0.871. The smallest absolute Gasteiger partial charge is 0.275 e. The van der Waals surface area contributed by atoms with Crippen molar-refractivity contribution >= 4 is 11.6 Å². The fourth-order valence-corrected chi connectivity index (χ4v) is 3.63. The third-order valence-electron chi connectivity index (χ3n) is 4.93. The highest BCUT2D eigenvalue weighted by atomic mass is 16.3. The normalized spacial score (nSPS) is 15.8. The van der Waals surface area contributed by atoms with Crippen molar-refractivity contribution in [1.29, 1.82) is 0 Å². The van der Waals surface area contributed by atoms with Gasteiger partial charge in [-0.05, 0) is 37.0 Å². The van der Waals surface area contributed by atoms with Gasteiger partial charge in [-0.15, -0.1) is 0 Å². The first-order valence-electron chi connectivity index (χ1n) is 8.90. The maximum absolute atomic E-state index is 12.1. The van der Waals surface area contributed by atoms with Gasteiger partial charge in [0.05, 0.1) is 17.6 Å². The number of carbonyl (C=O) groups excluding carboxylic acids is 1. The summed E-state index contributed by atoms with van der Waals surface area (Å²) in [6.45, 7) is 0.862. The number of amides is 1. The van der Waals surface area contributed by atoms with Crippen LogP contribution in [0.4, 0.5) is 5.69 Å². The van der Waals surface area contributed by atoms with Crippen LogP contribution in [-0.2, 0) is 0 Å². The molecule has 0 fully saturated rings. The van der Waals surface area contributed by atoms with Gasteiger partial charge in [-0.2, -0.15) is 5.10 Å². The third-order valence-corrected chi connectivity index (χ3v) is 4.93. The minimum atomic E-state index is -0.785. The van der Waals surface area contributed by atoms with E-state index in [1.54, 1.807) is 0 Å². The number of hydrogen-bond acceptors (Lipinski definition) is 5. The Hall–Kier alpha value is -3.35. The third kappa shape index (κ3) is 2.91. The molecule has 0 bridgehead atoms. The van der Waals surface area contributed by atoms with Crippen LogP contribution in [0.5, 0.6) is 5.75 Å². The Bertz CT molecular complexity index is 1040. The number of hydrogen-bond donors (Lipinski definition) is 2. The van der Waals surface area contributed by atoms with E-state index in [1.165, 1.54) is 29.2 Å². The first-order valence-corrected chi connectivity index (χ1v) is 8.90. The van der Waals surface area contributed by atoms with Gasteiger partial charge in [0.1, 0.15) is 0 Å². The van der Waals surface area contributed by atoms with Crippen molar-refractivity contribution in [3.63, 3.8) is 0 Å². The molecule has 138 valence electrons. The molecule has 2 aromatic rings. The molecule has 4 rings (SSSR count). The van der Waals surface area contributed by atoms with E-state index >= 15 is 0 Å². The van der Waals surface area contributed by atoms with Gasteiger partial charge in [-0.1, -0.05) is 24.3 Å². The van der Waals surface area contributed by atoms with E-state index in [0.29, 0.717) is 5.69 Å². The molecule has 0 radical (unpaired) electrons. The second kappa shape index (κ2) is 6.75. The van der Waals surface area contributed by atoms with E-state index in [2.05, 4.69) is 27.5 Å². The van der Waals surface area contributed by atoms with Crippen LogP contribution < -0.4 is 15.6 Å². The van der Waals surface area contributed by atoms with Gasteiger partial charge >= 0.3 is 0 Å². The summed E-state index contributed by atoms with van der Waals surface area (Å²) in [6, 6.07) is 7.65. The Morgan fingerprint density at radius 2 is 2.00 bits per heavy atom. The largest absolute Gasteiger partial charge is 0.503 e. The molecule has 1 aromatic carbocycles. The van der Waals surface area contributed by atoms with Crippen LogP contribution in [0.2, 0.25) is 0 Å². The zero-order chi connectivity index (χ0) is 19.0. The Labute approximate surface area is 156 Å². The van der Waals surface area contributed by atoms with E-state index in [9.17, 15) is 14.7 Å². The van der Waals surface area contributed by atoms with Crippen molar-refractivity contribution in [1.82, 2.24) is 15.1 Å². The topological polar surface area (TPSA) is 87.5 Å². The van der Waals surface area contributed by atoms with Crippen LogP contribution in [0.25, 0.3) is 5.69 Å². The SMILES string of the molecule is CNC(=O)c1nn(-c2ccccc2N2CCC3=C2CCC=C3)cc(O)c1=O. The first-order chi connectivity index (χ1) is 13.1. The Kier molecular flexibility index (Phi) is 4.27. The van der Waals surface area contributed by atoms with Gasteiger partial charge < -0.3 is 15.3 Å². The number of carbonyl (C=O) groups is 1. The van der Waals surface area contributed by atoms with Gasteiger partial charge in [-0.25, -0.2) is 4.68 Å². The molecule has 1 aromatic heterocycles. The molecule has 0 spiro atoms. The van der Waals surface area contributed by atoms with E-state index in [-0.39, 0.29) is 5.69 Å². The van der Waals surface area contributed by atoms with E-state index in [0.717, 1.165) is 31.5 Å². The molecule has 0 saturated heterocycles. The van der Waals surface area contributed by atoms with Crippen molar-refractivity contribution in [2.24, 2.45) is 0 Å². The summed E-state index contributed by atoms with van der Waals surface area (Å²) in [6.07, 6.45) is 8.61. The molecule has 1 aliphatic heterocycles. The second-order valence-electron chi connectivity index (χ2n) is 6.52. The molecule has 1 amide bonds. The van der Waals surface area contributed by atoms with Crippen molar-refractivity contribution in [3.8, 4) is 11.4 Å². The summed E-state index contributed by atoms with van der Waals surface area (Å²) in [5.74, 6) is -1.15. The number of nitrogens with zero attached hydrogens (tertiary/aromatic N) is 3. The lowest BCUT2D eigenvalue weighted by Gasteiger charge is -2.26. The van der Waals surface area contributed by atoms with E-state index < -0.39 is 17.1 Å². The minimum absolute atomic E-state index is 0.339. The molecule has 0 unspecified atom stereocenters. The summed E-state index contributed by atoms with van der Waals surface area (Å²) in [7, 11) is 1.42. The molecular weight excluding hydrogens is 344 g/mol. The van der Waals surface area contributed by atoms with Crippen LogP contribution >= 0.6 is 0 Å². The van der Waals surface area contributed by atoms with Gasteiger partial charge in [-0.3, -0.25) is 9.59 Å². The van der Waals surface area contributed by atoms with Crippen LogP contribution in [0.3, 0.4) is 0 Å². The monoisotopic (exact) mass is 364 g/mol. The highest BCUT2D eigenvalue weighted by Gasteiger charge is 2.26. The molecule has 7 nitrogen and oxygen atoms in total. The average Bonchev–Trinajstić information content (AvgIpc) is 3.13. The summed E-state index contributed by atoms with van der Waals surface area (Å²) < 4.78 is 1.40. The fraction of sp³-hybridized carbons (Fsp3) is 0.250. The van der Waals surface area contributed by atoms with Gasteiger partial charge in [0, 0.05) is 19.3 Å². The van der Waals surface area contributed by atoms with Gasteiger partial charge in [0.15, 0.2) is 11.4 Å². The summed E-state index contributed by atoms with van der Waals surface area (Å²) in [4.78, 5) is 26.3. The van der Waals surface area contributed by atoms with Crippen LogP contribution in [0.1, 0.15) is 29.8 Å². The highest BCUT2D eigenvalue weighted by molar-refractivity contribution is 5.92. The van der Waals surface area contributed by atoms with Gasteiger partial charge in [0.25, 0.3) is 11.3 Å². The van der Waals surface area contributed by atoms with Crippen molar-refractivity contribution in [2.45, 2.75) is 19.3 Å². The standard InChI is InChI=1S/C20H20N4O3/c1-21-20(27)18-19(26)17(25)12-24(22-18)16-9-5-4-8-15(16)23-11-10-13-6-2-3-7-14(13)23/h2,4-6,8-9,12,25H,3,7,10-11H2,1H3,(H,21,27). The summed E-state index contributed by atoms with van der Waals surface area (Å²) in [5, 5.41) is 16.6. The highest BCUT2D eigenvalue weighted by Crippen LogP contribution is 2.37. The zero-order valence-electron chi connectivity index (χ0n) is 15.0. The van der Waals surface area contributed by atoms with E-state index in [1.807, 2.05) is 24.3 Å². The lowest BCUT2D eigenvalue weighted by molar-refractivity contribution is 0.0954. The lowest BCUT2D eigenvalue weighted by atomic mass is 10.0. The molecule has 0 atom stereocenters. The number of anilines is 1. The number of para-hydroxylation sites is 2. The molecule has 2 N–H and O–H groups in total. The summed E-state index contributed by atoms with van der Waals surface area (Å²) >= 11 is 0. The predicted octanol–water partition coefficient (Wildman–Crippen LogP) is 2.11. The fourth-order valence-electron chi connectivity index (χ4n) is 3.63. The Morgan fingerprint density at radius 3 is 2.78 bits per heavy atom. The predicted molar refractivity (Wildman–Crippen MR) is 102 cm³/mol. The van der Waals surface area contributed by atoms with Gasteiger partial charge in [0.2, 0.25) is 0 Å². The van der Waals surface area contributed by atoms with E-state index in [4.69, 9.17) is 0 Å². The maximum atomic E-state index is 12.1. The molecular formula is C20H20N4O3.